The third kappa shape index (κ3) is 1.85. The van der Waals surface area contributed by atoms with Crippen molar-refractivity contribution in [3.05, 3.63) is 22.7 Å². The van der Waals surface area contributed by atoms with E-state index >= 15 is 0 Å². The van der Waals surface area contributed by atoms with E-state index in [0.717, 1.165) is 11.6 Å². The van der Waals surface area contributed by atoms with Crippen molar-refractivity contribution >= 4 is 22.5 Å². The molecule has 0 spiro atoms. The Morgan fingerprint density at radius 1 is 1.50 bits per heavy atom. The van der Waals surface area contributed by atoms with Crippen molar-refractivity contribution in [2.24, 2.45) is 5.92 Å². The number of H-pyrrole nitrogens is 1. The minimum atomic E-state index is -0.450. The summed E-state index contributed by atoms with van der Waals surface area (Å²) in [6, 6.07) is 3.92. The van der Waals surface area contributed by atoms with Gasteiger partial charge in [-0.2, -0.15) is 0 Å². The van der Waals surface area contributed by atoms with Crippen LogP contribution in [0.1, 0.15) is 26.2 Å². The molecule has 0 amide bonds. The van der Waals surface area contributed by atoms with E-state index in [1.165, 1.54) is 19.3 Å². The van der Waals surface area contributed by atoms with E-state index < -0.39 is 5.76 Å². The van der Waals surface area contributed by atoms with Gasteiger partial charge in [0.1, 0.15) is 0 Å². The molecule has 1 atom stereocenters. The summed E-state index contributed by atoms with van der Waals surface area (Å²) in [7, 11) is 0. The van der Waals surface area contributed by atoms with Crippen LogP contribution >= 0.6 is 0 Å². The summed E-state index contributed by atoms with van der Waals surface area (Å²) in [5.41, 5.74) is 8.61. The highest BCUT2D eigenvalue weighted by Crippen LogP contribution is 2.33. The summed E-state index contributed by atoms with van der Waals surface area (Å²) in [6.45, 7) is 2.17. The Hall–Kier alpha value is -1.91. The number of nitrogens with one attached hydrogen (secondary N) is 2. The van der Waals surface area contributed by atoms with E-state index in [-0.39, 0.29) is 0 Å². The number of nitrogens with two attached hydrogens (primary N) is 1. The van der Waals surface area contributed by atoms with Gasteiger partial charge in [0.25, 0.3) is 0 Å². The number of fused-ring (bicyclic) bond motifs is 1. The number of hydrogen-bond donors (Lipinski definition) is 3. The summed E-state index contributed by atoms with van der Waals surface area (Å²) in [5.74, 6) is 0.275. The highest BCUT2D eigenvalue weighted by atomic mass is 16.4. The van der Waals surface area contributed by atoms with Crippen LogP contribution in [0.5, 0.6) is 0 Å². The molecule has 3 rings (SSSR count). The molecule has 1 heterocycles. The van der Waals surface area contributed by atoms with E-state index in [4.69, 9.17) is 10.2 Å². The number of aromatic amines is 1. The predicted octanol–water partition coefficient (Wildman–Crippen LogP) is 2.30. The summed E-state index contributed by atoms with van der Waals surface area (Å²) in [4.78, 5) is 13.8. The lowest BCUT2D eigenvalue weighted by Crippen LogP contribution is -2.31. The first-order chi connectivity index (χ1) is 8.63. The van der Waals surface area contributed by atoms with Gasteiger partial charge in [0, 0.05) is 12.1 Å². The van der Waals surface area contributed by atoms with Gasteiger partial charge in [-0.1, -0.05) is 6.42 Å². The zero-order chi connectivity index (χ0) is 12.7. The first kappa shape index (κ1) is 11.2. The van der Waals surface area contributed by atoms with E-state index in [1.807, 2.05) is 6.07 Å². The fourth-order valence-electron chi connectivity index (χ4n) is 2.44. The number of rotatable bonds is 3. The van der Waals surface area contributed by atoms with Gasteiger partial charge in [0.15, 0.2) is 5.58 Å². The smallest absolute Gasteiger partial charge is 0.408 e. The lowest BCUT2D eigenvalue weighted by atomic mass is 9.80. The van der Waals surface area contributed by atoms with Gasteiger partial charge >= 0.3 is 5.76 Å². The third-order valence-corrected chi connectivity index (χ3v) is 3.83. The summed E-state index contributed by atoms with van der Waals surface area (Å²) < 4.78 is 4.97. The van der Waals surface area contributed by atoms with E-state index in [1.54, 1.807) is 6.07 Å². The van der Waals surface area contributed by atoms with Crippen LogP contribution in [0, 0.1) is 5.92 Å². The Labute approximate surface area is 104 Å². The van der Waals surface area contributed by atoms with Crippen molar-refractivity contribution < 1.29 is 4.42 Å². The van der Waals surface area contributed by atoms with Crippen molar-refractivity contribution in [2.75, 3.05) is 11.1 Å². The van der Waals surface area contributed by atoms with E-state index in [2.05, 4.69) is 17.2 Å². The Kier molecular flexibility index (Phi) is 2.54. The minimum absolute atomic E-state index is 0.400. The molecule has 0 aliphatic heterocycles. The van der Waals surface area contributed by atoms with Crippen molar-refractivity contribution in [2.45, 2.75) is 32.2 Å². The van der Waals surface area contributed by atoms with Crippen LogP contribution in [-0.4, -0.2) is 11.0 Å². The van der Waals surface area contributed by atoms with Gasteiger partial charge in [0.05, 0.1) is 16.9 Å². The number of oxazole rings is 1. The van der Waals surface area contributed by atoms with Gasteiger partial charge in [0.2, 0.25) is 0 Å². The van der Waals surface area contributed by atoms with Crippen LogP contribution < -0.4 is 16.8 Å². The molecule has 0 bridgehead atoms. The second kappa shape index (κ2) is 4.08. The molecule has 1 fully saturated rings. The average Bonchev–Trinajstić information content (AvgIpc) is 2.55. The second-order valence-electron chi connectivity index (χ2n) is 5.07. The second-order valence-corrected chi connectivity index (χ2v) is 5.07. The number of nitrogen functional groups attached to an aromatic ring is 1. The molecule has 1 aliphatic carbocycles. The van der Waals surface area contributed by atoms with Crippen molar-refractivity contribution in [1.82, 2.24) is 4.98 Å². The topological polar surface area (TPSA) is 84.0 Å². The lowest BCUT2D eigenvalue weighted by molar-refractivity contribution is 0.285. The minimum Gasteiger partial charge on any atom is -0.408 e. The quantitative estimate of drug-likeness (QED) is 0.727. The van der Waals surface area contributed by atoms with E-state index in [9.17, 15) is 4.79 Å². The van der Waals surface area contributed by atoms with Crippen LogP contribution in [0.2, 0.25) is 0 Å². The highest BCUT2D eigenvalue weighted by Gasteiger charge is 2.24. The Morgan fingerprint density at radius 2 is 2.28 bits per heavy atom. The summed E-state index contributed by atoms with van der Waals surface area (Å²) >= 11 is 0. The SMILES string of the molecule is CC(Nc1cc2[nH]c(=O)oc2cc1N)C1CCC1. The molecule has 1 aromatic carbocycles. The Balaban J connectivity index is 1.90. The van der Waals surface area contributed by atoms with E-state index in [0.29, 0.717) is 22.8 Å². The largest absolute Gasteiger partial charge is 0.417 e. The maximum absolute atomic E-state index is 11.1. The molecule has 96 valence electrons. The number of anilines is 2. The first-order valence-electron chi connectivity index (χ1n) is 6.32. The number of hydrogen-bond acceptors (Lipinski definition) is 4. The van der Waals surface area contributed by atoms with Crippen LogP contribution in [-0.2, 0) is 0 Å². The molecule has 2 aromatic rings. The lowest BCUT2D eigenvalue weighted by Gasteiger charge is -2.32. The van der Waals surface area contributed by atoms with Gasteiger partial charge < -0.3 is 15.5 Å². The number of aromatic nitrogens is 1. The van der Waals surface area contributed by atoms with Crippen molar-refractivity contribution in [1.29, 1.82) is 0 Å². The molecule has 0 saturated heterocycles. The highest BCUT2D eigenvalue weighted by molar-refractivity contribution is 5.85. The van der Waals surface area contributed by atoms with Gasteiger partial charge in [-0.05, 0) is 31.7 Å². The first-order valence-corrected chi connectivity index (χ1v) is 6.32. The summed E-state index contributed by atoms with van der Waals surface area (Å²) in [5, 5.41) is 3.42. The third-order valence-electron chi connectivity index (χ3n) is 3.83. The molecule has 18 heavy (non-hydrogen) atoms. The van der Waals surface area contributed by atoms with Crippen LogP contribution in [0.15, 0.2) is 21.3 Å². The fraction of sp³-hybridized carbons (Fsp3) is 0.462. The van der Waals surface area contributed by atoms with Crippen molar-refractivity contribution in [3.63, 3.8) is 0 Å². The molecule has 5 heteroatoms. The normalized spacial score (nSPS) is 17.6. The molecular formula is C13H17N3O2. The standard InChI is InChI=1S/C13H17N3O2/c1-7(8-3-2-4-8)15-10-6-11-12(5-9(10)14)18-13(17)16-11/h5-8,15H,2-4,14H2,1H3,(H,16,17). The van der Waals surface area contributed by atoms with Gasteiger partial charge in [-0.25, -0.2) is 4.79 Å². The maximum atomic E-state index is 11.1. The monoisotopic (exact) mass is 247 g/mol. The number of benzene rings is 1. The zero-order valence-corrected chi connectivity index (χ0v) is 10.3. The van der Waals surface area contributed by atoms with Gasteiger partial charge in [-0.15, -0.1) is 0 Å². The van der Waals surface area contributed by atoms with Crippen LogP contribution in [0.3, 0.4) is 0 Å². The predicted molar refractivity (Wildman–Crippen MR) is 71.7 cm³/mol. The van der Waals surface area contributed by atoms with Gasteiger partial charge in [-0.3, -0.25) is 4.98 Å². The average molecular weight is 247 g/mol. The molecular weight excluding hydrogens is 230 g/mol. The molecule has 0 radical (unpaired) electrons. The van der Waals surface area contributed by atoms with Crippen molar-refractivity contribution in [3.8, 4) is 0 Å². The molecule has 1 unspecified atom stereocenters. The Morgan fingerprint density at radius 3 is 2.94 bits per heavy atom. The van der Waals surface area contributed by atoms with Crippen LogP contribution in [0.25, 0.3) is 11.1 Å². The summed E-state index contributed by atoms with van der Waals surface area (Å²) in [6.07, 6.45) is 3.87. The fourth-order valence-corrected chi connectivity index (χ4v) is 2.44. The molecule has 5 nitrogen and oxygen atoms in total. The molecule has 4 N–H and O–H groups in total. The Bertz CT molecular complexity index is 625. The zero-order valence-electron chi connectivity index (χ0n) is 10.3. The molecule has 1 saturated carbocycles. The maximum Gasteiger partial charge on any atom is 0.417 e. The molecule has 1 aliphatic rings. The molecule has 1 aromatic heterocycles. The van der Waals surface area contributed by atoms with Crippen LogP contribution in [0.4, 0.5) is 11.4 Å².